The molecular formula is C82H142NO8P. The van der Waals surface area contributed by atoms with Crippen LogP contribution in [-0.4, -0.2) is 70.0 Å². The van der Waals surface area contributed by atoms with Crippen molar-refractivity contribution in [3.63, 3.8) is 0 Å². The summed E-state index contributed by atoms with van der Waals surface area (Å²) in [6.07, 6.45) is 104. The zero-order valence-electron chi connectivity index (χ0n) is 60.2. The van der Waals surface area contributed by atoms with Gasteiger partial charge < -0.3 is 27.9 Å². The molecule has 0 aromatic rings. The molecule has 92 heavy (non-hydrogen) atoms. The SMILES string of the molecule is CC/C=C\C/C=C\C/C=C\C/C=C\C/C=C\C/C=C\C/C=C\C/C=C\C/C=C\C/C=C\CCCCCCCCCCC(=O)OC(COC(=O)CCCCCCCCCCCCCCCCCCC/C=C\CCCCCCCCCC)COP(=O)([O-])OCC[N+](C)(C)C. The van der Waals surface area contributed by atoms with Crippen molar-refractivity contribution in [2.45, 2.75) is 328 Å². The molecule has 2 unspecified atom stereocenters. The third kappa shape index (κ3) is 75.2. The Balaban J connectivity index is 4.07. The molecule has 9 nitrogen and oxygen atoms in total. The molecule has 2 atom stereocenters. The normalized spacial score (nSPS) is 13.8. The highest BCUT2D eigenvalue weighted by molar-refractivity contribution is 7.45. The van der Waals surface area contributed by atoms with Crippen molar-refractivity contribution in [3.8, 4) is 0 Å². The van der Waals surface area contributed by atoms with Crippen LogP contribution in [0.5, 0.6) is 0 Å². The zero-order chi connectivity index (χ0) is 66.9. The second kappa shape index (κ2) is 71.4. The first kappa shape index (κ1) is 88.2. The number of unbranched alkanes of at least 4 members (excludes halogenated alkanes) is 33. The molecule has 0 radical (unpaired) electrons. The van der Waals surface area contributed by atoms with Crippen molar-refractivity contribution < 1.29 is 42.1 Å². The number of esters is 2. The second-order valence-corrected chi connectivity index (χ2v) is 27.7. The maximum atomic E-state index is 12.9. The van der Waals surface area contributed by atoms with Gasteiger partial charge in [-0.1, -0.05) is 327 Å². The molecule has 0 saturated heterocycles. The Morgan fingerprint density at radius 1 is 0.348 bits per heavy atom. The molecule has 10 heteroatoms. The molecule has 0 aliphatic carbocycles. The number of allylic oxidation sites excluding steroid dienone is 22. The van der Waals surface area contributed by atoms with Gasteiger partial charge in [0.25, 0.3) is 7.82 Å². The quantitative estimate of drug-likeness (QED) is 0.0195. The molecule has 0 bridgehead atoms. The third-order valence-corrected chi connectivity index (χ3v) is 17.1. The minimum absolute atomic E-state index is 0.0373. The lowest BCUT2D eigenvalue weighted by atomic mass is 10.0. The van der Waals surface area contributed by atoms with Gasteiger partial charge in [0.15, 0.2) is 6.10 Å². The van der Waals surface area contributed by atoms with E-state index in [0.717, 1.165) is 109 Å². The summed E-state index contributed by atoms with van der Waals surface area (Å²) in [4.78, 5) is 38.1. The number of ether oxygens (including phenoxy) is 2. The number of carbonyl (C=O) groups excluding carboxylic acids is 2. The summed E-state index contributed by atoms with van der Waals surface area (Å²) < 4.78 is 34.4. The zero-order valence-corrected chi connectivity index (χ0v) is 61.1. The first-order chi connectivity index (χ1) is 45.0. The van der Waals surface area contributed by atoms with Gasteiger partial charge in [0, 0.05) is 12.8 Å². The van der Waals surface area contributed by atoms with E-state index in [4.69, 9.17) is 18.5 Å². The minimum Gasteiger partial charge on any atom is -0.756 e. The van der Waals surface area contributed by atoms with Gasteiger partial charge in [0.1, 0.15) is 19.8 Å². The number of likely N-dealkylation sites (N-methyl/N-ethyl adjacent to an activating group) is 1. The van der Waals surface area contributed by atoms with Gasteiger partial charge in [-0.2, -0.15) is 0 Å². The number of rotatable bonds is 69. The van der Waals surface area contributed by atoms with Crippen molar-refractivity contribution in [3.05, 3.63) is 134 Å². The molecule has 0 rings (SSSR count). The van der Waals surface area contributed by atoms with Crippen molar-refractivity contribution in [2.24, 2.45) is 0 Å². The van der Waals surface area contributed by atoms with Crippen molar-refractivity contribution in [2.75, 3.05) is 47.5 Å². The molecule has 0 spiro atoms. The van der Waals surface area contributed by atoms with Crippen LogP contribution in [0.3, 0.4) is 0 Å². The molecule has 0 aromatic heterocycles. The van der Waals surface area contributed by atoms with Gasteiger partial charge in [-0.3, -0.25) is 14.2 Å². The van der Waals surface area contributed by atoms with Gasteiger partial charge in [-0.15, -0.1) is 0 Å². The van der Waals surface area contributed by atoms with Crippen LogP contribution in [0.2, 0.25) is 0 Å². The second-order valence-electron chi connectivity index (χ2n) is 26.3. The van der Waals surface area contributed by atoms with Crippen LogP contribution in [0.4, 0.5) is 0 Å². The predicted molar refractivity (Wildman–Crippen MR) is 397 cm³/mol. The van der Waals surface area contributed by atoms with Crippen LogP contribution in [0.15, 0.2) is 134 Å². The van der Waals surface area contributed by atoms with E-state index in [-0.39, 0.29) is 32.0 Å². The Bertz CT molecular complexity index is 2020. The van der Waals surface area contributed by atoms with Crippen LogP contribution < -0.4 is 4.89 Å². The molecule has 0 amide bonds. The highest BCUT2D eigenvalue weighted by atomic mass is 31.2. The highest BCUT2D eigenvalue weighted by Gasteiger charge is 2.22. The number of phosphoric acid groups is 1. The van der Waals surface area contributed by atoms with Gasteiger partial charge in [0.2, 0.25) is 0 Å². The van der Waals surface area contributed by atoms with Crippen molar-refractivity contribution >= 4 is 19.8 Å². The fourth-order valence-corrected chi connectivity index (χ4v) is 11.1. The van der Waals surface area contributed by atoms with Crippen molar-refractivity contribution in [1.29, 1.82) is 0 Å². The summed E-state index contributed by atoms with van der Waals surface area (Å²) in [5.74, 6) is -0.839. The van der Waals surface area contributed by atoms with E-state index in [0.29, 0.717) is 17.4 Å². The van der Waals surface area contributed by atoms with Gasteiger partial charge in [-0.25, -0.2) is 0 Å². The van der Waals surface area contributed by atoms with E-state index >= 15 is 0 Å². The number of hydrogen-bond donors (Lipinski definition) is 0. The lowest BCUT2D eigenvalue weighted by molar-refractivity contribution is -0.870. The number of hydrogen-bond acceptors (Lipinski definition) is 8. The molecule has 0 aliphatic heterocycles. The van der Waals surface area contributed by atoms with Crippen molar-refractivity contribution in [1.82, 2.24) is 0 Å². The van der Waals surface area contributed by atoms with E-state index in [1.165, 1.54) is 180 Å². The topological polar surface area (TPSA) is 111 Å². The lowest BCUT2D eigenvalue weighted by Gasteiger charge is -2.28. The average molecular weight is 1300 g/mol. The number of phosphoric ester groups is 1. The maximum absolute atomic E-state index is 12.9. The summed E-state index contributed by atoms with van der Waals surface area (Å²) in [6, 6.07) is 0. The van der Waals surface area contributed by atoms with Crippen LogP contribution in [0, 0.1) is 0 Å². The van der Waals surface area contributed by atoms with Gasteiger partial charge in [-0.05, 0) is 116 Å². The van der Waals surface area contributed by atoms with Gasteiger partial charge in [0.05, 0.1) is 27.7 Å². The standard InChI is InChI=1S/C82H142NO8P/c1-6-8-10-12-14-16-18-20-22-24-26-28-30-32-34-36-37-38-39-40-41-42-43-44-45-47-49-51-53-55-57-59-61-63-65-67-69-71-73-75-82(85)91-80(79-90-92(86,87)89-77-76-83(3,4)5)78-88-81(84)74-72-70-68-66-64-62-60-58-56-54-52-50-48-46-35-33-31-29-27-25-23-21-19-17-15-13-11-9-7-2/h8,10,14,16,20,22,25-28,32,34,37-38,40-41,43-44,47,49,53,55,80H,6-7,9,11-13,15,17-19,21,23-24,29-31,33,35-36,39,42,45-46,48,50-52,54,56-79H2,1-5H3/b10-8-,16-14-,22-20-,27-25-,28-26-,34-32-,38-37-,41-40-,44-43-,49-47-,55-53-. The van der Waals surface area contributed by atoms with Gasteiger partial charge >= 0.3 is 11.9 Å². The smallest absolute Gasteiger partial charge is 0.306 e. The number of carbonyl (C=O) groups is 2. The highest BCUT2D eigenvalue weighted by Crippen LogP contribution is 2.38. The third-order valence-electron chi connectivity index (χ3n) is 16.2. The van der Waals surface area contributed by atoms with E-state index < -0.39 is 26.5 Å². The number of quaternary nitrogens is 1. The molecule has 0 aromatic carbocycles. The Morgan fingerprint density at radius 3 is 0.935 bits per heavy atom. The minimum atomic E-state index is -4.65. The van der Waals surface area contributed by atoms with E-state index in [1.54, 1.807) is 0 Å². The molecule has 0 aliphatic rings. The number of nitrogens with zero attached hydrogens (tertiary/aromatic N) is 1. The molecule has 0 fully saturated rings. The Morgan fingerprint density at radius 2 is 0.620 bits per heavy atom. The summed E-state index contributed by atoms with van der Waals surface area (Å²) in [5, 5.41) is 0. The Labute approximate surface area is 568 Å². The first-order valence-electron chi connectivity index (χ1n) is 37.9. The molecule has 0 N–H and O–H groups in total. The average Bonchev–Trinajstić information content (AvgIpc) is 2.14. The van der Waals surface area contributed by atoms with Crippen LogP contribution in [0.25, 0.3) is 0 Å². The fourth-order valence-electron chi connectivity index (χ4n) is 10.4. The van der Waals surface area contributed by atoms with Crippen LogP contribution in [-0.2, 0) is 32.7 Å². The fraction of sp³-hybridized carbons (Fsp3) is 0.707. The Kier molecular flexibility index (Phi) is 68.5. The van der Waals surface area contributed by atoms with Crippen LogP contribution >= 0.6 is 7.82 Å². The van der Waals surface area contributed by atoms with E-state index in [1.807, 2.05) is 21.1 Å². The molecule has 0 heterocycles. The summed E-state index contributed by atoms with van der Waals surface area (Å²) in [5.41, 5.74) is 0. The van der Waals surface area contributed by atoms with Crippen LogP contribution in [0.1, 0.15) is 322 Å². The summed E-state index contributed by atoms with van der Waals surface area (Å²) in [6.45, 7) is 4.14. The van der Waals surface area contributed by atoms with E-state index in [9.17, 15) is 19.0 Å². The Hall–Kier alpha value is -3.85. The maximum Gasteiger partial charge on any atom is 0.306 e. The monoisotopic (exact) mass is 1300 g/mol. The predicted octanol–water partition coefficient (Wildman–Crippen LogP) is 24.5. The summed E-state index contributed by atoms with van der Waals surface area (Å²) >= 11 is 0. The molecule has 0 saturated carbocycles. The largest absolute Gasteiger partial charge is 0.756 e. The first-order valence-corrected chi connectivity index (χ1v) is 39.4. The summed E-state index contributed by atoms with van der Waals surface area (Å²) in [7, 11) is 1.16. The van der Waals surface area contributed by atoms with E-state index in [2.05, 4.69) is 148 Å². The molecular weight excluding hydrogens is 1160 g/mol. The lowest BCUT2D eigenvalue weighted by Crippen LogP contribution is -2.37. The molecule has 528 valence electrons.